The average molecular weight is 168 g/mol. The number of hydrogen-bond acceptors (Lipinski definition) is 2. The zero-order valence-corrected chi connectivity index (χ0v) is 7.29. The van der Waals surface area contributed by atoms with Crippen molar-refractivity contribution in [1.82, 2.24) is 14.9 Å². The standard InChI is InChI=1S/C8H14N3O/c1-11(5-2-6-12)7-8-9-3-4-10-8/h3-4H,2,5-7H2,1H3,(H,9,10). The molecule has 1 heterocycles. The monoisotopic (exact) mass is 168 g/mol. The summed E-state index contributed by atoms with van der Waals surface area (Å²) < 4.78 is 0. The fourth-order valence-corrected chi connectivity index (χ4v) is 1.05. The van der Waals surface area contributed by atoms with Crippen molar-refractivity contribution in [3.8, 4) is 0 Å². The molecule has 0 aromatic carbocycles. The molecular formula is C8H14N3O. The van der Waals surface area contributed by atoms with Crippen LogP contribution in [-0.4, -0.2) is 35.1 Å². The topological polar surface area (TPSA) is 51.8 Å². The lowest BCUT2D eigenvalue weighted by Crippen LogP contribution is -2.20. The van der Waals surface area contributed by atoms with Gasteiger partial charge in [0.25, 0.3) is 0 Å². The second kappa shape index (κ2) is 4.90. The van der Waals surface area contributed by atoms with E-state index in [-0.39, 0.29) is 6.61 Å². The lowest BCUT2D eigenvalue weighted by Gasteiger charge is -2.13. The molecular weight excluding hydrogens is 154 g/mol. The van der Waals surface area contributed by atoms with Crippen molar-refractivity contribution >= 4 is 0 Å². The molecule has 1 rings (SSSR count). The van der Waals surface area contributed by atoms with Crippen LogP contribution in [0.2, 0.25) is 0 Å². The molecule has 4 nitrogen and oxygen atoms in total. The third-order valence-electron chi connectivity index (χ3n) is 1.66. The van der Waals surface area contributed by atoms with E-state index >= 15 is 0 Å². The first-order valence-corrected chi connectivity index (χ1v) is 4.08. The number of imidazole rings is 1. The largest absolute Gasteiger partial charge is 0.348 e. The SMILES string of the molecule is CN(CCC[O])Cc1ncc[nH]1. The second-order valence-electron chi connectivity index (χ2n) is 2.83. The Morgan fingerprint density at radius 3 is 3.08 bits per heavy atom. The van der Waals surface area contributed by atoms with E-state index in [0.29, 0.717) is 6.42 Å². The van der Waals surface area contributed by atoms with Crippen LogP contribution in [-0.2, 0) is 11.7 Å². The van der Waals surface area contributed by atoms with Crippen LogP contribution in [0.3, 0.4) is 0 Å². The highest BCUT2D eigenvalue weighted by Crippen LogP contribution is 1.95. The molecule has 0 aliphatic heterocycles. The molecule has 1 aromatic heterocycles. The molecule has 0 fully saturated rings. The molecule has 0 amide bonds. The Balaban J connectivity index is 2.22. The van der Waals surface area contributed by atoms with Crippen molar-refractivity contribution in [2.75, 3.05) is 20.2 Å². The van der Waals surface area contributed by atoms with E-state index in [1.807, 2.05) is 7.05 Å². The van der Waals surface area contributed by atoms with Crippen LogP contribution in [0.25, 0.3) is 0 Å². The van der Waals surface area contributed by atoms with Crippen LogP contribution >= 0.6 is 0 Å². The zero-order valence-electron chi connectivity index (χ0n) is 7.29. The van der Waals surface area contributed by atoms with Crippen molar-refractivity contribution in [2.24, 2.45) is 0 Å². The van der Waals surface area contributed by atoms with Crippen LogP contribution in [0, 0.1) is 0 Å². The predicted octanol–water partition coefficient (Wildman–Crippen LogP) is 0.662. The fraction of sp³-hybridized carbons (Fsp3) is 0.625. The molecule has 0 spiro atoms. The normalized spacial score (nSPS) is 10.9. The second-order valence-corrected chi connectivity index (χ2v) is 2.83. The summed E-state index contributed by atoms with van der Waals surface area (Å²) in [5.74, 6) is 0.948. The van der Waals surface area contributed by atoms with E-state index in [1.54, 1.807) is 12.4 Å². The van der Waals surface area contributed by atoms with Crippen LogP contribution in [0.4, 0.5) is 0 Å². The lowest BCUT2D eigenvalue weighted by atomic mass is 10.4. The van der Waals surface area contributed by atoms with Crippen molar-refractivity contribution < 1.29 is 5.11 Å². The minimum atomic E-state index is 0.00247. The third kappa shape index (κ3) is 3.02. The minimum Gasteiger partial charge on any atom is -0.348 e. The van der Waals surface area contributed by atoms with Crippen LogP contribution in [0.1, 0.15) is 12.2 Å². The van der Waals surface area contributed by atoms with Gasteiger partial charge in [0.1, 0.15) is 5.82 Å². The first-order chi connectivity index (χ1) is 5.83. The third-order valence-corrected chi connectivity index (χ3v) is 1.66. The summed E-state index contributed by atoms with van der Waals surface area (Å²) >= 11 is 0. The molecule has 0 aliphatic rings. The van der Waals surface area contributed by atoms with Gasteiger partial charge in [-0.15, -0.1) is 0 Å². The van der Waals surface area contributed by atoms with Crippen molar-refractivity contribution in [2.45, 2.75) is 13.0 Å². The number of H-pyrrole nitrogens is 1. The first kappa shape index (κ1) is 9.22. The van der Waals surface area contributed by atoms with E-state index < -0.39 is 0 Å². The van der Waals surface area contributed by atoms with E-state index in [4.69, 9.17) is 0 Å². The molecule has 4 heteroatoms. The molecule has 1 N–H and O–H groups in total. The molecule has 1 radical (unpaired) electrons. The Kier molecular flexibility index (Phi) is 3.76. The highest BCUT2D eigenvalue weighted by atomic mass is 16.3. The van der Waals surface area contributed by atoms with Crippen LogP contribution < -0.4 is 0 Å². The molecule has 0 unspecified atom stereocenters. The molecule has 0 saturated carbocycles. The van der Waals surface area contributed by atoms with Gasteiger partial charge in [-0.25, -0.2) is 10.1 Å². The van der Waals surface area contributed by atoms with Gasteiger partial charge in [0.05, 0.1) is 13.2 Å². The Morgan fingerprint density at radius 2 is 2.50 bits per heavy atom. The van der Waals surface area contributed by atoms with Gasteiger partial charge in [-0.3, -0.25) is 4.90 Å². The Labute approximate surface area is 72.2 Å². The van der Waals surface area contributed by atoms with Gasteiger partial charge in [0.15, 0.2) is 0 Å². The van der Waals surface area contributed by atoms with E-state index in [0.717, 1.165) is 18.9 Å². The minimum absolute atomic E-state index is 0.00247. The maximum atomic E-state index is 10.2. The summed E-state index contributed by atoms with van der Waals surface area (Å²) in [6.45, 7) is 1.62. The number of hydrogen-bond donors (Lipinski definition) is 1. The maximum Gasteiger partial charge on any atom is 0.120 e. The van der Waals surface area contributed by atoms with Gasteiger partial charge >= 0.3 is 0 Å². The molecule has 0 bridgehead atoms. The molecule has 0 aliphatic carbocycles. The van der Waals surface area contributed by atoms with Gasteiger partial charge in [0, 0.05) is 18.9 Å². The van der Waals surface area contributed by atoms with Crippen LogP contribution in [0.15, 0.2) is 12.4 Å². The Bertz CT molecular complexity index is 198. The number of nitrogens with one attached hydrogen (secondary N) is 1. The summed E-state index contributed by atoms with van der Waals surface area (Å²) in [5.41, 5.74) is 0. The molecule has 67 valence electrons. The summed E-state index contributed by atoms with van der Waals surface area (Å²) in [6.07, 6.45) is 4.24. The molecule has 0 atom stereocenters. The van der Waals surface area contributed by atoms with Gasteiger partial charge in [-0.2, -0.15) is 0 Å². The summed E-state index contributed by atoms with van der Waals surface area (Å²) in [4.78, 5) is 9.18. The van der Waals surface area contributed by atoms with Gasteiger partial charge in [0.2, 0.25) is 0 Å². The Hall–Kier alpha value is -0.870. The van der Waals surface area contributed by atoms with Crippen molar-refractivity contribution in [3.05, 3.63) is 18.2 Å². The van der Waals surface area contributed by atoms with Crippen LogP contribution in [0.5, 0.6) is 0 Å². The first-order valence-electron chi connectivity index (χ1n) is 4.08. The fourth-order valence-electron chi connectivity index (χ4n) is 1.05. The lowest BCUT2D eigenvalue weighted by molar-refractivity contribution is 0.171. The highest BCUT2D eigenvalue weighted by molar-refractivity contribution is 4.86. The number of nitrogens with zero attached hydrogens (tertiary/aromatic N) is 2. The van der Waals surface area contributed by atoms with Crippen molar-refractivity contribution in [3.63, 3.8) is 0 Å². The van der Waals surface area contributed by atoms with E-state index in [2.05, 4.69) is 14.9 Å². The summed E-state index contributed by atoms with van der Waals surface area (Å²) in [5, 5.41) is 10.2. The Morgan fingerprint density at radius 1 is 1.67 bits per heavy atom. The predicted molar refractivity (Wildman–Crippen MR) is 45.1 cm³/mol. The maximum absolute atomic E-state index is 10.2. The smallest absolute Gasteiger partial charge is 0.120 e. The number of aromatic nitrogens is 2. The van der Waals surface area contributed by atoms with Gasteiger partial charge in [-0.1, -0.05) is 0 Å². The quantitative estimate of drug-likeness (QED) is 0.702. The molecule has 1 aromatic rings. The molecule has 0 saturated heterocycles. The van der Waals surface area contributed by atoms with E-state index in [1.165, 1.54) is 0 Å². The van der Waals surface area contributed by atoms with E-state index in [9.17, 15) is 5.11 Å². The number of aromatic amines is 1. The summed E-state index contributed by atoms with van der Waals surface area (Å²) in [7, 11) is 1.98. The zero-order chi connectivity index (χ0) is 8.81. The van der Waals surface area contributed by atoms with Gasteiger partial charge < -0.3 is 4.98 Å². The average Bonchev–Trinajstić information content (AvgIpc) is 2.53. The highest BCUT2D eigenvalue weighted by Gasteiger charge is 2.00. The van der Waals surface area contributed by atoms with Gasteiger partial charge in [-0.05, 0) is 13.5 Å². The van der Waals surface area contributed by atoms with Crippen molar-refractivity contribution in [1.29, 1.82) is 0 Å². The molecule has 12 heavy (non-hydrogen) atoms. The number of rotatable bonds is 5. The summed E-state index contributed by atoms with van der Waals surface area (Å²) in [6, 6.07) is 0.